The Morgan fingerprint density at radius 2 is 1.74 bits per heavy atom. The predicted molar refractivity (Wildman–Crippen MR) is 112 cm³/mol. The number of halogens is 3. The number of carbonyl (C=O) groups is 2. The molecule has 0 fully saturated rings. The van der Waals surface area contributed by atoms with Crippen molar-refractivity contribution in [2.45, 2.75) is 25.6 Å². The molecule has 34 heavy (non-hydrogen) atoms. The molecule has 0 atom stereocenters. The summed E-state index contributed by atoms with van der Waals surface area (Å²) < 4.78 is 41.9. The second-order valence-electron chi connectivity index (χ2n) is 7.13. The second kappa shape index (κ2) is 11.4. The van der Waals surface area contributed by atoms with Gasteiger partial charge in [0.05, 0.1) is 13.0 Å². The Hall–Kier alpha value is -3.77. The molecule has 0 saturated carbocycles. The number of alkyl halides is 3. The highest BCUT2D eigenvalue weighted by Crippen LogP contribution is 2.29. The number of benzene rings is 2. The average molecular weight is 478 g/mol. The van der Waals surface area contributed by atoms with Crippen LogP contribution in [0.1, 0.15) is 33.8 Å². The molecule has 1 aromatic heterocycles. The Morgan fingerprint density at radius 1 is 1.03 bits per heavy atom. The standard InChI is InChI=1S/C22H21F3N4O5/c23-22(24,25)21-28-19(29-34-21)14-6-8-15(9-7-14)20(32)26-10-3-11-27-33-13-17-5-2-1-4-16(17)12-18(30)31/h1-2,4-9,27H,3,10-13H2,(H,26,32)(H,30,31). The minimum atomic E-state index is -4.73. The third-order valence-corrected chi connectivity index (χ3v) is 4.60. The lowest BCUT2D eigenvalue weighted by Crippen LogP contribution is -2.27. The van der Waals surface area contributed by atoms with Crippen molar-refractivity contribution < 1.29 is 37.2 Å². The van der Waals surface area contributed by atoms with Gasteiger partial charge in [-0.3, -0.25) is 14.4 Å². The molecule has 2 aromatic carbocycles. The maximum atomic E-state index is 12.6. The van der Waals surface area contributed by atoms with Crippen LogP contribution in [0.25, 0.3) is 11.4 Å². The van der Waals surface area contributed by atoms with Crippen molar-refractivity contribution in [2.75, 3.05) is 13.1 Å². The number of carboxylic acids is 1. The van der Waals surface area contributed by atoms with E-state index in [1.807, 2.05) is 0 Å². The Morgan fingerprint density at radius 3 is 2.38 bits per heavy atom. The molecule has 3 aromatic rings. The van der Waals surface area contributed by atoms with E-state index in [9.17, 15) is 22.8 Å². The summed E-state index contributed by atoms with van der Waals surface area (Å²) in [6.07, 6.45) is -4.25. The molecule has 0 unspecified atom stereocenters. The first-order valence-corrected chi connectivity index (χ1v) is 10.2. The van der Waals surface area contributed by atoms with Gasteiger partial charge in [0, 0.05) is 24.2 Å². The van der Waals surface area contributed by atoms with E-state index in [1.54, 1.807) is 24.3 Å². The molecule has 3 N–H and O–H groups in total. The Bertz CT molecular complexity index is 1120. The topological polar surface area (TPSA) is 127 Å². The maximum absolute atomic E-state index is 12.6. The van der Waals surface area contributed by atoms with Crippen molar-refractivity contribution in [3.63, 3.8) is 0 Å². The van der Waals surface area contributed by atoms with E-state index in [0.717, 1.165) is 5.56 Å². The van der Waals surface area contributed by atoms with E-state index in [2.05, 4.69) is 25.5 Å². The van der Waals surface area contributed by atoms with E-state index < -0.39 is 18.0 Å². The number of hydrogen-bond acceptors (Lipinski definition) is 7. The third-order valence-electron chi connectivity index (χ3n) is 4.60. The smallest absolute Gasteiger partial charge is 0.471 e. The number of nitrogens with one attached hydrogen (secondary N) is 2. The number of hydroxylamine groups is 1. The second-order valence-corrected chi connectivity index (χ2v) is 7.13. The van der Waals surface area contributed by atoms with E-state index in [1.165, 1.54) is 24.3 Å². The molecule has 1 heterocycles. The maximum Gasteiger partial charge on any atom is 0.471 e. The molecule has 0 bridgehead atoms. The molecule has 0 aliphatic carbocycles. The number of carbonyl (C=O) groups excluding carboxylic acids is 1. The lowest BCUT2D eigenvalue weighted by Gasteiger charge is -2.10. The fourth-order valence-electron chi connectivity index (χ4n) is 2.93. The first-order valence-electron chi connectivity index (χ1n) is 10.2. The van der Waals surface area contributed by atoms with Crippen molar-refractivity contribution in [3.8, 4) is 11.4 Å². The fraction of sp³-hybridized carbons (Fsp3) is 0.273. The average Bonchev–Trinajstić information content (AvgIpc) is 3.30. The summed E-state index contributed by atoms with van der Waals surface area (Å²) >= 11 is 0. The summed E-state index contributed by atoms with van der Waals surface area (Å²) in [4.78, 5) is 31.8. The molecule has 9 nitrogen and oxygen atoms in total. The van der Waals surface area contributed by atoms with Crippen LogP contribution >= 0.6 is 0 Å². The van der Waals surface area contributed by atoms with Gasteiger partial charge in [0.25, 0.3) is 5.91 Å². The van der Waals surface area contributed by atoms with Crippen molar-refractivity contribution in [2.24, 2.45) is 0 Å². The summed E-state index contributed by atoms with van der Waals surface area (Å²) in [5.74, 6) is -2.93. The highest BCUT2D eigenvalue weighted by Gasteiger charge is 2.38. The zero-order chi connectivity index (χ0) is 24.6. The van der Waals surface area contributed by atoms with Crippen LogP contribution in [0.5, 0.6) is 0 Å². The van der Waals surface area contributed by atoms with Crippen LogP contribution in [0.2, 0.25) is 0 Å². The lowest BCUT2D eigenvalue weighted by molar-refractivity contribution is -0.159. The van der Waals surface area contributed by atoms with Crippen LogP contribution in [0.3, 0.4) is 0 Å². The van der Waals surface area contributed by atoms with Gasteiger partial charge < -0.3 is 14.9 Å². The minimum Gasteiger partial charge on any atom is -0.481 e. The van der Waals surface area contributed by atoms with Gasteiger partial charge in [0.2, 0.25) is 5.82 Å². The van der Waals surface area contributed by atoms with Gasteiger partial charge in [-0.2, -0.15) is 18.2 Å². The highest BCUT2D eigenvalue weighted by molar-refractivity contribution is 5.94. The van der Waals surface area contributed by atoms with Gasteiger partial charge in [0.15, 0.2) is 0 Å². The monoisotopic (exact) mass is 478 g/mol. The van der Waals surface area contributed by atoms with Gasteiger partial charge in [-0.1, -0.05) is 41.6 Å². The molecule has 0 spiro atoms. The minimum absolute atomic E-state index is 0.0871. The zero-order valence-corrected chi connectivity index (χ0v) is 17.8. The third kappa shape index (κ3) is 7.12. The van der Waals surface area contributed by atoms with Crippen LogP contribution in [0, 0.1) is 0 Å². The van der Waals surface area contributed by atoms with Crippen LogP contribution in [0.15, 0.2) is 53.1 Å². The molecule has 0 saturated heterocycles. The summed E-state index contributed by atoms with van der Waals surface area (Å²) in [6.45, 7) is 0.999. The molecule has 180 valence electrons. The number of rotatable bonds is 11. The molecule has 0 aliphatic rings. The van der Waals surface area contributed by atoms with Crippen molar-refractivity contribution >= 4 is 11.9 Å². The fourth-order valence-corrected chi connectivity index (χ4v) is 2.93. The van der Waals surface area contributed by atoms with Gasteiger partial charge in [-0.15, -0.1) is 0 Å². The van der Waals surface area contributed by atoms with Crippen LogP contribution in [-0.4, -0.2) is 40.2 Å². The lowest BCUT2D eigenvalue weighted by atomic mass is 10.1. The molecule has 12 heteroatoms. The summed E-state index contributed by atoms with van der Waals surface area (Å²) in [7, 11) is 0. The molecule has 0 aliphatic heterocycles. The van der Waals surface area contributed by atoms with Crippen molar-refractivity contribution in [3.05, 3.63) is 71.1 Å². The molecular weight excluding hydrogens is 457 g/mol. The van der Waals surface area contributed by atoms with Crippen LogP contribution in [0.4, 0.5) is 13.2 Å². The summed E-state index contributed by atoms with van der Waals surface area (Å²) in [5, 5.41) is 15.0. The number of nitrogens with zero attached hydrogens (tertiary/aromatic N) is 2. The van der Waals surface area contributed by atoms with Crippen LogP contribution < -0.4 is 10.8 Å². The molecule has 3 rings (SSSR count). The first kappa shape index (κ1) is 24.9. The van der Waals surface area contributed by atoms with Gasteiger partial charge >= 0.3 is 18.0 Å². The quantitative estimate of drug-likeness (QED) is 0.283. The SMILES string of the molecule is O=C(O)Cc1ccccc1CONCCCNC(=O)c1ccc(-c2noc(C(F)(F)F)n2)cc1. The summed E-state index contributed by atoms with van der Waals surface area (Å²) in [6, 6.07) is 12.8. The van der Waals surface area contributed by atoms with E-state index >= 15 is 0 Å². The number of hydrogen-bond donors (Lipinski definition) is 3. The van der Waals surface area contributed by atoms with E-state index in [0.29, 0.717) is 30.6 Å². The Labute approximate surface area is 191 Å². The normalized spacial score (nSPS) is 11.4. The predicted octanol–water partition coefficient (Wildman–Crippen LogP) is 3.22. The number of aromatic nitrogens is 2. The van der Waals surface area contributed by atoms with Crippen molar-refractivity contribution in [1.82, 2.24) is 20.9 Å². The highest BCUT2D eigenvalue weighted by atomic mass is 19.4. The Balaban J connectivity index is 1.37. The van der Waals surface area contributed by atoms with E-state index in [4.69, 9.17) is 9.94 Å². The summed E-state index contributed by atoms with van der Waals surface area (Å²) in [5.41, 5.74) is 4.81. The number of carboxylic acid groups (broad SMARTS) is 1. The van der Waals surface area contributed by atoms with E-state index in [-0.39, 0.29) is 30.3 Å². The Kier molecular flexibility index (Phi) is 8.33. The molecule has 0 radical (unpaired) electrons. The molecular formula is C22H21F3N4O5. The van der Waals surface area contributed by atoms with Gasteiger partial charge in [-0.25, -0.2) is 5.48 Å². The number of aliphatic carboxylic acids is 1. The molecule has 1 amide bonds. The van der Waals surface area contributed by atoms with Crippen molar-refractivity contribution in [1.29, 1.82) is 0 Å². The van der Waals surface area contributed by atoms with Gasteiger partial charge in [0.1, 0.15) is 0 Å². The zero-order valence-electron chi connectivity index (χ0n) is 17.8. The van der Waals surface area contributed by atoms with Crippen LogP contribution in [-0.2, 0) is 28.8 Å². The van der Waals surface area contributed by atoms with Gasteiger partial charge in [-0.05, 0) is 29.7 Å². The first-order chi connectivity index (χ1) is 16.2. The largest absolute Gasteiger partial charge is 0.481 e. The number of amides is 1.